The van der Waals surface area contributed by atoms with Gasteiger partial charge in [0.1, 0.15) is 0 Å². The Morgan fingerprint density at radius 2 is 2.25 bits per heavy atom. The molecule has 1 saturated heterocycles. The van der Waals surface area contributed by atoms with Crippen molar-refractivity contribution in [3.8, 4) is 0 Å². The number of hydrogen-bond donors (Lipinski definition) is 1. The molecule has 0 aromatic heterocycles. The van der Waals surface area contributed by atoms with Gasteiger partial charge in [0, 0.05) is 42.3 Å². The van der Waals surface area contributed by atoms with E-state index in [4.69, 9.17) is 0 Å². The molecule has 0 unspecified atom stereocenters. The van der Waals surface area contributed by atoms with Gasteiger partial charge in [0.05, 0.1) is 10.5 Å². The second-order valence-electron chi connectivity index (χ2n) is 4.53. The predicted octanol–water partition coefficient (Wildman–Crippen LogP) is 2.21. The number of nitro groups is 1. The highest BCUT2D eigenvalue weighted by Gasteiger charge is 2.24. The van der Waals surface area contributed by atoms with E-state index in [1.165, 1.54) is 18.2 Å². The number of rotatable bonds is 2. The lowest BCUT2D eigenvalue weighted by molar-refractivity contribution is -0.384. The second-order valence-corrected chi connectivity index (χ2v) is 5.38. The van der Waals surface area contributed by atoms with Crippen LogP contribution in [0.3, 0.4) is 0 Å². The van der Waals surface area contributed by atoms with E-state index in [1.807, 2.05) is 6.92 Å². The molecule has 1 aliphatic rings. The van der Waals surface area contributed by atoms with Crippen LogP contribution in [0.2, 0.25) is 0 Å². The Balaban J connectivity index is 0.00000200. The number of hydrogen-bond acceptors (Lipinski definition) is 4. The summed E-state index contributed by atoms with van der Waals surface area (Å²) >= 11 is 3.23. The van der Waals surface area contributed by atoms with Crippen LogP contribution in [0.4, 0.5) is 5.69 Å². The Morgan fingerprint density at radius 3 is 2.80 bits per heavy atom. The van der Waals surface area contributed by atoms with Gasteiger partial charge in [-0.2, -0.15) is 0 Å². The minimum Gasteiger partial charge on any atom is -0.336 e. The predicted molar refractivity (Wildman–Crippen MR) is 81.4 cm³/mol. The molecule has 1 aliphatic heterocycles. The number of piperazine rings is 1. The van der Waals surface area contributed by atoms with E-state index in [-0.39, 0.29) is 30.0 Å². The maximum absolute atomic E-state index is 12.3. The van der Waals surface area contributed by atoms with Crippen molar-refractivity contribution in [1.29, 1.82) is 0 Å². The Kier molecular flexibility index (Phi) is 5.91. The van der Waals surface area contributed by atoms with E-state index in [2.05, 4.69) is 21.2 Å². The zero-order valence-electron chi connectivity index (χ0n) is 10.8. The molecular formula is C12H15BrClN3O3. The van der Waals surface area contributed by atoms with Crippen molar-refractivity contribution in [2.45, 2.75) is 13.0 Å². The van der Waals surface area contributed by atoms with Crippen LogP contribution in [-0.2, 0) is 0 Å². The molecule has 0 saturated carbocycles. The van der Waals surface area contributed by atoms with Crippen LogP contribution in [0, 0.1) is 10.1 Å². The molecule has 1 aromatic rings. The first-order valence-corrected chi connectivity index (χ1v) is 6.75. The standard InChI is InChI=1S/C12H14BrN3O3.ClH/c1-8-7-15(5-4-14-8)12(17)10-3-2-9(16(18)19)6-11(10)13;/h2-3,6,8,14H,4-5,7H2,1H3;1H/t8-;/m0./s1. The molecule has 20 heavy (non-hydrogen) atoms. The fraction of sp³-hybridized carbons (Fsp3) is 0.417. The van der Waals surface area contributed by atoms with Gasteiger partial charge in [-0.25, -0.2) is 0 Å². The van der Waals surface area contributed by atoms with E-state index in [1.54, 1.807) is 4.90 Å². The van der Waals surface area contributed by atoms with Gasteiger partial charge in [0.15, 0.2) is 0 Å². The molecule has 1 atom stereocenters. The third-order valence-corrected chi connectivity index (χ3v) is 3.71. The van der Waals surface area contributed by atoms with Crippen molar-refractivity contribution < 1.29 is 9.72 Å². The molecule has 110 valence electrons. The molecule has 1 fully saturated rings. The normalized spacial score (nSPS) is 18.3. The summed E-state index contributed by atoms with van der Waals surface area (Å²) in [4.78, 5) is 24.3. The van der Waals surface area contributed by atoms with Crippen molar-refractivity contribution in [2.24, 2.45) is 0 Å². The minimum atomic E-state index is -0.480. The zero-order chi connectivity index (χ0) is 14.0. The summed E-state index contributed by atoms with van der Waals surface area (Å²) < 4.78 is 0.456. The van der Waals surface area contributed by atoms with E-state index < -0.39 is 4.92 Å². The zero-order valence-corrected chi connectivity index (χ0v) is 13.2. The minimum absolute atomic E-state index is 0. The van der Waals surface area contributed by atoms with Gasteiger partial charge in [-0.15, -0.1) is 12.4 Å². The average molecular weight is 365 g/mol. The van der Waals surface area contributed by atoms with Crippen molar-refractivity contribution >= 4 is 39.9 Å². The quantitative estimate of drug-likeness (QED) is 0.645. The number of nitro benzene ring substituents is 1. The summed E-state index contributed by atoms with van der Waals surface area (Å²) in [5.74, 6) is -0.102. The topological polar surface area (TPSA) is 75.5 Å². The molecule has 0 radical (unpaired) electrons. The third kappa shape index (κ3) is 3.68. The molecule has 0 aliphatic carbocycles. The summed E-state index contributed by atoms with van der Waals surface area (Å²) in [6, 6.07) is 4.47. The van der Waals surface area contributed by atoms with Crippen LogP contribution >= 0.6 is 28.3 Å². The first kappa shape index (κ1) is 16.9. The van der Waals surface area contributed by atoms with Gasteiger partial charge < -0.3 is 10.2 Å². The summed E-state index contributed by atoms with van der Waals surface area (Å²) in [5, 5.41) is 13.9. The lowest BCUT2D eigenvalue weighted by Crippen LogP contribution is -2.51. The van der Waals surface area contributed by atoms with Crippen LogP contribution in [0.5, 0.6) is 0 Å². The average Bonchev–Trinajstić information content (AvgIpc) is 2.37. The maximum Gasteiger partial charge on any atom is 0.270 e. The van der Waals surface area contributed by atoms with Crippen molar-refractivity contribution in [3.63, 3.8) is 0 Å². The molecule has 0 spiro atoms. The monoisotopic (exact) mass is 363 g/mol. The summed E-state index contributed by atoms with van der Waals surface area (Å²) in [6.07, 6.45) is 0. The number of carbonyl (C=O) groups excluding carboxylic acids is 1. The summed E-state index contributed by atoms with van der Waals surface area (Å²) in [7, 11) is 0. The lowest BCUT2D eigenvalue weighted by Gasteiger charge is -2.32. The Morgan fingerprint density at radius 1 is 1.55 bits per heavy atom. The highest BCUT2D eigenvalue weighted by Crippen LogP contribution is 2.24. The Hall–Kier alpha value is -1.18. The van der Waals surface area contributed by atoms with Crippen LogP contribution in [0.15, 0.2) is 22.7 Å². The van der Waals surface area contributed by atoms with Gasteiger partial charge in [0.25, 0.3) is 11.6 Å². The largest absolute Gasteiger partial charge is 0.336 e. The number of nitrogens with zero attached hydrogens (tertiary/aromatic N) is 2. The summed E-state index contributed by atoms with van der Waals surface area (Å²) in [6.45, 7) is 4.07. The molecule has 8 heteroatoms. The van der Waals surface area contributed by atoms with Crippen LogP contribution in [-0.4, -0.2) is 41.4 Å². The molecule has 6 nitrogen and oxygen atoms in total. The molecule has 1 amide bonds. The van der Waals surface area contributed by atoms with Gasteiger partial charge >= 0.3 is 0 Å². The number of amides is 1. The van der Waals surface area contributed by atoms with E-state index in [9.17, 15) is 14.9 Å². The number of nitrogens with one attached hydrogen (secondary N) is 1. The van der Waals surface area contributed by atoms with Crippen LogP contribution < -0.4 is 5.32 Å². The number of benzene rings is 1. The third-order valence-electron chi connectivity index (χ3n) is 3.05. The van der Waals surface area contributed by atoms with Crippen LogP contribution in [0.1, 0.15) is 17.3 Å². The van der Waals surface area contributed by atoms with Gasteiger partial charge in [-0.05, 0) is 28.9 Å². The van der Waals surface area contributed by atoms with E-state index in [0.717, 1.165) is 6.54 Å². The Labute approximate surface area is 131 Å². The number of carbonyl (C=O) groups is 1. The second kappa shape index (κ2) is 7.01. The highest BCUT2D eigenvalue weighted by molar-refractivity contribution is 9.10. The first-order chi connectivity index (χ1) is 8.99. The molecule has 0 bridgehead atoms. The molecule has 1 aromatic carbocycles. The molecule has 2 rings (SSSR count). The van der Waals surface area contributed by atoms with Gasteiger partial charge in [-0.3, -0.25) is 14.9 Å². The number of halogens is 2. The smallest absolute Gasteiger partial charge is 0.270 e. The SMILES string of the molecule is C[C@H]1CN(C(=O)c2ccc([N+](=O)[O-])cc2Br)CCN1.Cl. The van der Waals surface area contributed by atoms with Crippen molar-refractivity contribution in [1.82, 2.24) is 10.2 Å². The number of non-ortho nitro benzene ring substituents is 1. The molecule has 1 N–H and O–H groups in total. The van der Waals surface area contributed by atoms with E-state index in [0.29, 0.717) is 23.1 Å². The van der Waals surface area contributed by atoms with Gasteiger partial charge in [-0.1, -0.05) is 0 Å². The molecule has 1 heterocycles. The lowest BCUT2D eigenvalue weighted by atomic mass is 10.1. The van der Waals surface area contributed by atoms with E-state index >= 15 is 0 Å². The van der Waals surface area contributed by atoms with Gasteiger partial charge in [0.2, 0.25) is 0 Å². The fourth-order valence-electron chi connectivity index (χ4n) is 2.08. The fourth-order valence-corrected chi connectivity index (χ4v) is 2.61. The van der Waals surface area contributed by atoms with Crippen molar-refractivity contribution in [3.05, 3.63) is 38.3 Å². The summed E-state index contributed by atoms with van der Waals surface area (Å²) in [5.41, 5.74) is 0.428. The Bertz CT molecular complexity index is 527. The molecular weight excluding hydrogens is 350 g/mol. The van der Waals surface area contributed by atoms with Crippen molar-refractivity contribution in [2.75, 3.05) is 19.6 Å². The van der Waals surface area contributed by atoms with Crippen LogP contribution in [0.25, 0.3) is 0 Å². The highest BCUT2D eigenvalue weighted by atomic mass is 79.9. The maximum atomic E-state index is 12.3. The first-order valence-electron chi connectivity index (χ1n) is 5.95.